The highest BCUT2D eigenvalue weighted by Gasteiger charge is 2.49. The second-order valence-electron chi connectivity index (χ2n) is 11.2. The molecule has 1 fully saturated rings. The summed E-state index contributed by atoms with van der Waals surface area (Å²) < 4.78 is 70.4. The van der Waals surface area contributed by atoms with Gasteiger partial charge in [0.15, 0.2) is 5.82 Å². The fourth-order valence-electron chi connectivity index (χ4n) is 6.61. The number of aryl methyl sites for hydroxylation is 1. The van der Waals surface area contributed by atoms with Gasteiger partial charge in [-0.05, 0) is 51.6 Å². The minimum absolute atomic E-state index is 0.0158. The summed E-state index contributed by atoms with van der Waals surface area (Å²) in [5.41, 5.74) is 2.50. The van der Waals surface area contributed by atoms with E-state index >= 15 is 4.39 Å². The van der Waals surface area contributed by atoms with Crippen molar-refractivity contribution in [2.24, 2.45) is 0 Å². The summed E-state index contributed by atoms with van der Waals surface area (Å²) in [5.74, 6) is -1.72. The van der Waals surface area contributed by atoms with Gasteiger partial charge in [0.2, 0.25) is 11.8 Å². The van der Waals surface area contributed by atoms with Gasteiger partial charge in [0, 0.05) is 49.3 Å². The zero-order valence-electron chi connectivity index (χ0n) is 29.3. The first kappa shape index (κ1) is 21.5. The number of piperazine rings is 1. The van der Waals surface area contributed by atoms with Crippen molar-refractivity contribution in [3.63, 3.8) is 0 Å². The van der Waals surface area contributed by atoms with Crippen molar-refractivity contribution in [2.75, 3.05) is 49.9 Å². The summed E-state index contributed by atoms with van der Waals surface area (Å²) in [4.78, 5) is 36.7. The zero-order chi connectivity index (χ0) is 35.3. The number of aromatic nitrogens is 3. The molecule has 0 unspecified atom stereocenters. The molecule has 2 amide bonds. The van der Waals surface area contributed by atoms with Crippen LogP contribution in [-0.4, -0.2) is 95.1 Å². The van der Waals surface area contributed by atoms with E-state index in [4.69, 9.17) is 24.6 Å². The molecule has 2 aromatic heterocycles. The lowest BCUT2D eigenvalue weighted by atomic mass is 9.93. The Hall–Kier alpha value is -4.22. The number of pyridine rings is 1. The molecule has 43 heavy (non-hydrogen) atoms. The quantitative estimate of drug-likeness (QED) is 0.347. The van der Waals surface area contributed by atoms with E-state index in [1.165, 1.54) is 15.9 Å². The Morgan fingerprint density at radius 1 is 1.28 bits per heavy atom. The lowest BCUT2D eigenvalue weighted by Crippen LogP contribution is -2.67. The molecule has 10 nitrogen and oxygen atoms in total. The molecule has 0 saturated carbocycles. The number of ether oxygens (including phenoxy) is 1. The van der Waals surface area contributed by atoms with Crippen molar-refractivity contribution in [1.82, 2.24) is 25.0 Å². The molecule has 3 aliphatic rings. The maximum atomic E-state index is 17.1. The lowest BCUT2D eigenvalue weighted by Gasteiger charge is -2.52. The first-order valence-corrected chi connectivity index (χ1v) is 14.1. The van der Waals surface area contributed by atoms with Crippen LogP contribution in [0.15, 0.2) is 37.1 Å². The fraction of sp³-hybridized carbons (Fsp3) is 0.355. The lowest BCUT2D eigenvalue weighted by molar-refractivity contribution is -0.131. The second kappa shape index (κ2) is 9.92. The van der Waals surface area contributed by atoms with Crippen molar-refractivity contribution >= 4 is 56.6 Å². The van der Waals surface area contributed by atoms with Crippen LogP contribution in [0, 0.1) is 12.7 Å². The van der Waals surface area contributed by atoms with Crippen LogP contribution in [0.4, 0.5) is 15.8 Å². The molecule has 0 spiro atoms. The third-order valence-corrected chi connectivity index (χ3v) is 8.82. The van der Waals surface area contributed by atoms with E-state index in [1.54, 1.807) is 17.2 Å². The van der Waals surface area contributed by atoms with Gasteiger partial charge in [-0.3, -0.25) is 14.7 Å². The van der Waals surface area contributed by atoms with E-state index in [0.29, 0.717) is 32.4 Å². The van der Waals surface area contributed by atoms with Gasteiger partial charge in [-0.25, -0.2) is 9.37 Å². The highest BCUT2D eigenvalue weighted by molar-refractivity contribution is 6.35. The number of benzene rings is 2. The first-order valence-electron chi connectivity index (χ1n) is 16.8. The molecule has 2 aromatic carbocycles. The molecule has 12 heteroatoms. The number of likely N-dealkylation sites (N-methyl/N-ethyl adjacent to an activating group) is 1. The summed E-state index contributed by atoms with van der Waals surface area (Å²) in [6.45, 7) is 0.537. The Bertz CT molecular complexity index is 2060. The number of amides is 2. The van der Waals surface area contributed by atoms with Gasteiger partial charge >= 0.3 is 0 Å². The van der Waals surface area contributed by atoms with Crippen LogP contribution >= 0.6 is 11.6 Å². The van der Waals surface area contributed by atoms with E-state index < -0.39 is 44.4 Å². The number of H-pyrrole nitrogens is 1. The number of hydrogen-bond acceptors (Lipinski definition) is 7. The van der Waals surface area contributed by atoms with Crippen molar-refractivity contribution in [1.29, 1.82) is 0 Å². The number of carbonyl (C=O) groups is 2. The zero-order valence-corrected chi connectivity index (χ0v) is 24.1. The number of halogens is 2. The van der Waals surface area contributed by atoms with Crippen molar-refractivity contribution in [3.05, 3.63) is 53.5 Å². The van der Waals surface area contributed by atoms with E-state index in [1.807, 2.05) is 26.0 Å². The van der Waals surface area contributed by atoms with E-state index in [2.05, 4.69) is 21.8 Å². The van der Waals surface area contributed by atoms with Crippen molar-refractivity contribution in [3.8, 4) is 17.0 Å². The molecule has 3 atom stereocenters. The molecule has 5 heterocycles. The third kappa shape index (κ3) is 4.09. The summed E-state index contributed by atoms with van der Waals surface area (Å²) in [7, 11) is 0. The highest BCUT2D eigenvalue weighted by atomic mass is 35.5. The van der Waals surface area contributed by atoms with Crippen LogP contribution < -0.4 is 14.5 Å². The van der Waals surface area contributed by atoms with Gasteiger partial charge in [0.25, 0.3) is 5.91 Å². The highest BCUT2D eigenvalue weighted by Crippen LogP contribution is 2.52. The van der Waals surface area contributed by atoms with E-state index in [0.717, 1.165) is 5.56 Å². The van der Waals surface area contributed by atoms with Crippen LogP contribution in [0.5, 0.6) is 5.88 Å². The Morgan fingerprint density at radius 3 is 2.86 bits per heavy atom. The molecular weight excluding hydrogens is 573 g/mol. The number of carbonyl (C=O) groups excluding carboxylic acids is 2. The summed E-state index contributed by atoms with van der Waals surface area (Å²) in [6.07, 6.45) is 1.58. The molecule has 222 valence electrons. The SMILES string of the molecule is [2H]C([2H])([2H])N(C[C@@H]1CN2C(=O)[C@H]3CN(C(=O)C=C)[C@H](C)CN3c3c2c(nc2c(F)c(-c4c(C)ccc5[nH]ncc45)c(Cl)cc32)O1)C([2H])([2H])[2H]. The molecule has 7 rings (SSSR count). The van der Waals surface area contributed by atoms with Crippen LogP contribution in [0.3, 0.4) is 0 Å². The van der Waals surface area contributed by atoms with Gasteiger partial charge in [-0.15, -0.1) is 0 Å². The number of nitrogens with zero attached hydrogens (tertiary/aromatic N) is 6. The largest absolute Gasteiger partial charge is 0.470 e. The van der Waals surface area contributed by atoms with Crippen LogP contribution in [0.25, 0.3) is 32.9 Å². The number of aromatic amines is 1. The molecular formula is C31H31ClFN7O3. The third-order valence-electron chi connectivity index (χ3n) is 8.53. The number of fused-ring (bicyclic) bond motifs is 5. The molecule has 1 saturated heterocycles. The predicted octanol–water partition coefficient (Wildman–Crippen LogP) is 4.14. The second-order valence-corrected chi connectivity index (χ2v) is 11.6. The fourth-order valence-corrected chi connectivity index (χ4v) is 6.90. The Balaban J connectivity index is 1.46. The number of anilines is 2. The number of rotatable bonds is 4. The minimum atomic E-state index is -3.02. The van der Waals surface area contributed by atoms with Crippen molar-refractivity contribution < 1.29 is 26.9 Å². The Kier molecular flexibility index (Phi) is 4.95. The molecule has 0 bridgehead atoms. The van der Waals surface area contributed by atoms with E-state index in [9.17, 15) is 9.59 Å². The van der Waals surface area contributed by atoms with Crippen LogP contribution in [-0.2, 0) is 9.59 Å². The summed E-state index contributed by atoms with van der Waals surface area (Å²) in [6, 6.07) is 3.95. The molecule has 4 aromatic rings. The van der Waals surface area contributed by atoms with E-state index in [-0.39, 0.29) is 59.3 Å². The minimum Gasteiger partial charge on any atom is -0.470 e. The normalized spacial score (nSPS) is 24.0. The van der Waals surface area contributed by atoms with Crippen LogP contribution in [0.2, 0.25) is 5.02 Å². The molecule has 0 radical (unpaired) electrons. The van der Waals surface area contributed by atoms with Gasteiger partial charge in [0.1, 0.15) is 23.3 Å². The maximum absolute atomic E-state index is 17.1. The first-order chi connectivity index (χ1) is 23.0. The molecule has 3 aliphatic heterocycles. The Morgan fingerprint density at radius 2 is 2.09 bits per heavy atom. The molecule has 1 N–H and O–H groups in total. The smallest absolute Gasteiger partial charge is 0.251 e. The number of nitrogens with one attached hydrogen (secondary N) is 1. The Labute approximate surface area is 261 Å². The maximum Gasteiger partial charge on any atom is 0.251 e. The summed E-state index contributed by atoms with van der Waals surface area (Å²) >= 11 is 6.93. The average molecular weight is 610 g/mol. The van der Waals surface area contributed by atoms with Gasteiger partial charge in [-0.1, -0.05) is 24.2 Å². The summed E-state index contributed by atoms with van der Waals surface area (Å²) in [5, 5.41) is 8.03. The molecule has 0 aliphatic carbocycles. The van der Waals surface area contributed by atoms with Gasteiger partial charge in [0.05, 0.1) is 35.5 Å². The predicted molar refractivity (Wildman–Crippen MR) is 164 cm³/mol. The number of hydrogen-bond donors (Lipinski definition) is 1. The van der Waals surface area contributed by atoms with Crippen LogP contribution in [0.1, 0.15) is 20.7 Å². The monoisotopic (exact) mass is 609 g/mol. The average Bonchev–Trinajstić information content (AvgIpc) is 3.50. The topological polar surface area (TPSA) is 97.9 Å². The van der Waals surface area contributed by atoms with Crippen molar-refractivity contribution in [2.45, 2.75) is 32.0 Å². The standard InChI is InChI=1S/C31H31ClFN7O3/c1-6-23(41)38-14-22-31(42)40-13-17(12-37(4)5)43-30-29(40)28(39(22)11-16(38)3)18-9-20(32)25(26(33)27(18)35-30)24-15(2)7-8-21-19(24)10-34-36-21/h6-10,16-17,22H,1,11-14H2,2-5H3,(H,34,36)/t16-,17-,22-/m1/s1/i4D3,5D3. The van der Waals surface area contributed by atoms with Gasteiger partial charge < -0.3 is 24.3 Å². The van der Waals surface area contributed by atoms with Gasteiger partial charge in [-0.2, -0.15) is 5.10 Å².